The molecule has 1 N–H and O–H groups in total. The number of hydrogen-bond acceptors (Lipinski definition) is 5. The first kappa shape index (κ1) is 15.1. The second kappa shape index (κ2) is 6.20. The van der Waals surface area contributed by atoms with E-state index in [4.69, 9.17) is 0 Å². The van der Waals surface area contributed by atoms with Gasteiger partial charge in [0.1, 0.15) is 18.0 Å². The first-order valence-corrected chi connectivity index (χ1v) is 8.44. The molecule has 1 aromatic carbocycles. The molecule has 0 saturated carbocycles. The molecule has 0 aliphatic carbocycles. The van der Waals surface area contributed by atoms with Crippen LogP contribution in [0.5, 0.6) is 0 Å². The number of aromatic nitrogens is 4. The maximum atomic E-state index is 4.67. The number of hydrogen-bond donors (Lipinski definition) is 1. The van der Waals surface area contributed by atoms with Crippen LogP contribution in [0.4, 0.5) is 5.82 Å². The largest absolute Gasteiger partial charge is 0.352 e. The minimum absolute atomic E-state index is 0.699. The van der Waals surface area contributed by atoms with Gasteiger partial charge in [-0.1, -0.05) is 19.1 Å². The Labute approximate surface area is 141 Å². The van der Waals surface area contributed by atoms with Gasteiger partial charge in [0.2, 0.25) is 0 Å². The highest BCUT2D eigenvalue weighted by molar-refractivity contribution is 5.74. The molecular formula is C18H22N6. The van der Waals surface area contributed by atoms with Crippen molar-refractivity contribution in [3.05, 3.63) is 47.7 Å². The molecule has 124 valence electrons. The average molecular weight is 322 g/mol. The number of aromatic amines is 1. The predicted octanol–water partition coefficient (Wildman–Crippen LogP) is 2.37. The van der Waals surface area contributed by atoms with E-state index < -0.39 is 0 Å². The minimum atomic E-state index is 0.699. The third kappa shape index (κ3) is 2.73. The molecule has 1 aliphatic heterocycles. The van der Waals surface area contributed by atoms with Crippen LogP contribution in [-0.4, -0.2) is 45.0 Å². The van der Waals surface area contributed by atoms with E-state index in [-0.39, 0.29) is 0 Å². The van der Waals surface area contributed by atoms with Gasteiger partial charge in [-0.25, -0.2) is 15.0 Å². The summed E-state index contributed by atoms with van der Waals surface area (Å²) in [6, 6.07) is 8.11. The van der Waals surface area contributed by atoms with E-state index in [1.54, 1.807) is 6.33 Å². The third-order valence-corrected chi connectivity index (χ3v) is 4.69. The van der Waals surface area contributed by atoms with Crippen molar-refractivity contribution in [1.82, 2.24) is 24.8 Å². The summed E-state index contributed by atoms with van der Waals surface area (Å²) in [4.78, 5) is 21.7. The van der Waals surface area contributed by atoms with Crippen LogP contribution in [-0.2, 0) is 19.5 Å². The van der Waals surface area contributed by atoms with Gasteiger partial charge in [0.05, 0.1) is 23.3 Å². The topological polar surface area (TPSA) is 60.9 Å². The van der Waals surface area contributed by atoms with Crippen molar-refractivity contribution in [2.24, 2.45) is 0 Å². The van der Waals surface area contributed by atoms with Crippen LogP contribution in [0.3, 0.4) is 0 Å². The van der Waals surface area contributed by atoms with Crippen molar-refractivity contribution in [3.63, 3.8) is 0 Å². The lowest BCUT2D eigenvalue weighted by Gasteiger charge is -2.30. The Morgan fingerprint density at radius 1 is 1.25 bits per heavy atom. The number of imidazole rings is 1. The van der Waals surface area contributed by atoms with Crippen molar-refractivity contribution in [2.75, 3.05) is 25.0 Å². The summed E-state index contributed by atoms with van der Waals surface area (Å²) in [6.07, 6.45) is 2.68. The SMILES string of the molecule is CCN1CCc2ncnc(N(C)Cc3nc4ccccc4[nH]3)c2C1. The summed E-state index contributed by atoms with van der Waals surface area (Å²) in [5.74, 6) is 1.97. The van der Waals surface area contributed by atoms with E-state index >= 15 is 0 Å². The second-order valence-corrected chi connectivity index (χ2v) is 6.30. The number of H-pyrrole nitrogens is 1. The summed E-state index contributed by atoms with van der Waals surface area (Å²) in [5.41, 5.74) is 4.51. The van der Waals surface area contributed by atoms with Crippen molar-refractivity contribution in [3.8, 4) is 0 Å². The average Bonchev–Trinajstić information content (AvgIpc) is 3.02. The Bertz CT molecular complexity index is 823. The van der Waals surface area contributed by atoms with Crippen molar-refractivity contribution in [1.29, 1.82) is 0 Å². The highest BCUT2D eigenvalue weighted by atomic mass is 15.2. The van der Waals surface area contributed by atoms with E-state index in [2.05, 4.69) is 49.8 Å². The molecule has 3 heterocycles. The van der Waals surface area contributed by atoms with Gasteiger partial charge in [0, 0.05) is 32.1 Å². The second-order valence-electron chi connectivity index (χ2n) is 6.30. The summed E-state index contributed by atoms with van der Waals surface area (Å²) in [7, 11) is 2.07. The zero-order chi connectivity index (χ0) is 16.5. The molecule has 6 heteroatoms. The number of para-hydroxylation sites is 2. The molecule has 2 aromatic heterocycles. The Morgan fingerprint density at radius 2 is 2.12 bits per heavy atom. The fraction of sp³-hybridized carbons (Fsp3) is 0.389. The Balaban J connectivity index is 1.61. The number of benzene rings is 1. The number of fused-ring (bicyclic) bond motifs is 2. The third-order valence-electron chi connectivity index (χ3n) is 4.69. The van der Waals surface area contributed by atoms with E-state index in [0.717, 1.165) is 48.7 Å². The number of anilines is 1. The van der Waals surface area contributed by atoms with Gasteiger partial charge in [-0.15, -0.1) is 0 Å². The first-order chi connectivity index (χ1) is 11.7. The first-order valence-electron chi connectivity index (χ1n) is 8.44. The lowest BCUT2D eigenvalue weighted by atomic mass is 10.1. The molecule has 1 aliphatic rings. The molecule has 0 atom stereocenters. The van der Waals surface area contributed by atoms with Gasteiger partial charge in [-0.2, -0.15) is 0 Å². The maximum absolute atomic E-state index is 4.67. The Kier molecular flexibility index (Phi) is 3.90. The van der Waals surface area contributed by atoms with Gasteiger partial charge in [0.25, 0.3) is 0 Å². The quantitative estimate of drug-likeness (QED) is 0.799. The molecule has 0 amide bonds. The predicted molar refractivity (Wildman–Crippen MR) is 94.9 cm³/mol. The highest BCUT2D eigenvalue weighted by Gasteiger charge is 2.22. The smallest absolute Gasteiger partial charge is 0.136 e. The lowest BCUT2D eigenvalue weighted by molar-refractivity contribution is 0.265. The molecule has 6 nitrogen and oxygen atoms in total. The lowest BCUT2D eigenvalue weighted by Crippen LogP contribution is -2.33. The fourth-order valence-corrected chi connectivity index (χ4v) is 3.36. The zero-order valence-electron chi connectivity index (χ0n) is 14.2. The summed E-state index contributed by atoms with van der Waals surface area (Å²) in [6.45, 7) is 5.96. The molecular weight excluding hydrogens is 300 g/mol. The van der Waals surface area contributed by atoms with E-state index in [0.29, 0.717) is 6.54 Å². The Morgan fingerprint density at radius 3 is 2.96 bits per heavy atom. The standard InChI is InChI=1S/C18H22N6/c1-3-24-9-8-14-13(10-24)18(20-12-19-14)23(2)11-17-21-15-6-4-5-7-16(15)22-17/h4-7,12H,3,8-11H2,1-2H3,(H,21,22). The van der Waals surface area contributed by atoms with Gasteiger partial charge in [-0.05, 0) is 18.7 Å². The highest BCUT2D eigenvalue weighted by Crippen LogP contribution is 2.25. The number of likely N-dealkylation sites (N-methyl/N-ethyl adjacent to an activating group) is 1. The fourth-order valence-electron chi connectivity index (χ4n) is 3.36. The van der Waals surface area contributed by atoms with E-state index in [9.17, 15) is 0 Å². The van der Waals surface area contributed by atoms with Crippen LogP contribution in [0.25, 0.3) is 11.0 Å². The van der Waals surface area contributed by atoms with Crippen LogP contribution in [0.1, 0.15) is 24.0 Å². The van der Waals surface area contributed by atoms with Crippen molar-refractivity contribution >= 4 is 16.9 Å². The van der Waals surface area contributed by atoms with E-state index in [1.807, 2.05) is 18.2 Å². The molecule has 0 fully saturated rings. The molecule has 0 bridgehead atoms. The summed E-state index contributed by atoms with van der Waals surface area (Å²) in [5, 5.41) is 0. The van der Waals surface area contributed by atoms with Gasteiger partial charge >= 0.3 is 0 Å². The molecule has 4 rings (SSSR count). The van der Waals surface area contributed by atoms with Crippen LogP contribution < -0.4 is 4.90 Å². The van der Waals surface area contributed by atoms with Crippen molar-refractivity contribution < 1.29 is 0 Å². The number of nitrogens with zero attached hydrogens (tertiary/aromatic N) is 5. The van der Waals surface area contributed by atoms with Crippen LogP contribution >= 0.6 is 0 Å². The van der Waals surface area contributed by atoms with E-state index in [1.165, 1.54) is 11.3 Å². The number of nitrogens with one attached hydrogen (secondary N) is 1. The minimum Gasteiger partial charge on any atom is -0.352 e. The summed E-state index contributed by atoms with van der Waals surface area (Å²) < 4.78 is 0. The summed E-state index contributed by atoms with van der Waals surface area (Å²) >= 11 is 0. The van der Waals surface area contributed by atoms with Crippen LogP contribution in [0, 0.1) is 0 Å². The Hall–Kier alpha value is -2.47. The normalized spacial score (nSPS) is 14.8. The molecule has 0 radical (unpaired) electrons. The maximum Gasteiger partial charge on any atom is 0.136 e. The van der Waals surface area contributed by atoms with Crippen LogP contribution in [0.2, 0.25) is 0 Å². The van der Waals surface area contributed by atoms with Gasteiger partial charge in [-0.3, -0.25) is 4.90 Å². The molecule has 24 heavy (non-hydrogen) atoms. The van der Waals surface area contributed by atoms with Gasteiger partial charge in [0.15, 0.2) is 0 Å². The monoisotopic (exact) mass is 322 g/mol. The molecule has 0 saturated heterocycles. The zero-order valence-corrected chi connectivity index (χ0v) is 14.2. The van der Waals surface area contributed by atoms with Crippen molar-refractivity contribution in [2.45, 2.75) is 26.4 Å². The van der Waals surface area contributed by atoms with Crippen LogP contribution in [0.15, 0.2) is 30.6 Å². The number of rotatable bonds is 4. The molecule has 3 aromatic rings. The molecule has 0 spiro atoms. The van der Waals surface area contributed by atoms with Gasteiger partial charge < -0.3 is 9.88 Å². The molecule has 0 unspecified atom stereocenters.